The maximum atomic E-state index is 13.2. The number of aliphatic hydroxyl groups excluding tert-OH is 8. The number of allylic oxidation sites excluding steroid dienone is 1. The lowest BCUT2D eigenvalue weighted by molar-refractivity contribution is -0.359. The summed E-state index contributed by atoms with van der Waals surface area (Å²) < 4.78 is 22.7. The molecular formula is C61H117NO13. The van der Waals surface area contributed by atoms with Gasteiger partial charge in [0.25, 0.3) is 0 Å². The van der Waals surface area contributed by atoms with Crippen molar-refractivity contribution in [3.63, 3.8) is 0 Å². The Kier molecular flexibility index (Phi) is 44.3. The molecule has 2 aliphatic rings. The highest BCUT2D eigenvalue weighted by molar-refractivity contribution is 5.76. The summed E-state index contributed by atoms with van der Waals surface area (Å²) in [5.74, 6) is -0.235. The smallest absolute Gasteiger partial charge is 0.220 e. The van der Waals surface area contributed by atoms with Gasteiger partial charge in [0.15, 0.2) is 12.6 Å². The summed E-state index contributed by atoms with van der Waals surface area (Å²) in [6.45, 7) is 2.80. The molecule has 12 atom stereocenters. The number of rotatable bonds is 51. The van der Waals surface area contributed by atoms with Crippen LogP contribution in [-0.4, -0.2) is 140 Å². The zero-order valence-corrected chi connectivity index (χ0v) is 47.8. The molecule has 2 saturated heterocycles. The van der Waals surface area contributed by atoms with Gasteiger partial charge in [-0.3, -0.25) is 4.79 Å². The van der Waals surface area contributed by atoms with Crippen LogP contribution in [0.25, 0.3) is 0 Å². The minimum Gasteiger partial charge on any atom is -0.394 e. The monoisotopic (exact) mass is 1070 g/mol. The van der Waals surface area contributed by atoms with Crippen molar-refractivity contribution in [2.45, 2.75) is 351 Å². The van der Waals surface area contributed by atoms with Gasteiger partial charge >= 0.3 is 0 Å². The van der Waals surface area contributed by atoms with E-state index in [1.165, 1.54) is 212 Å². The van der Waals surface area contributed by atoms with E-state index < -0.39 is 86.8 Å². The van der Waals surface area contributed by atoms with Gasteiger partial charge in [-0.1, -0.05) is 264 Å². The average molecular weight is 1070 g/mol. The summed E-state index contributed by atoms with van der Waals surface area (Å²) in [6.07, 6.45) is 38.7. The Morgan fingerprint density at radius 3 is 1.23 bits per heavy atom. The van der Waals surface area contributed by atoms with E-state index in [0.29, 0.717) is 6.42 Å². The molecule has 0 saturated carbocycles. The lowest BCUT2D eigenvalue weighted by Gasteiger charge is -2.46. The van der Waals surface area contributed by atoms with E-state index in [4.69, 9.17) is 18.9 Å². The molecule has 9 N–H and O–H groups in total. The first-order valence-electron chi connectivity index (χ1n) is 31.4. The Bertz CT molecular complexity index is 1310. The summed E-state index contributed by atoms with van der Waals surface area (Å²) in [4.78, 5) is 13.2. The maximum absolute atomic E-state index is 13.2. The Balaban J connectivity index is 1.60. The van der Waals surface area contributed by atoms with Crippen LogP contribution in [0.2, 0.25) is 0 Å². The predicted molar refractivity (Wildman–Crippen MR) is 300 cm³/mol. The second-order valence-corrected chi connectivity index (χ2v) is 22.6. The Morgan fingerprint density at radius 1 is 0.467 bits per heavy atom. The fourth-order valence-electron chi connectivity index (χ4n) is 10.6. The molecule has 2 fully saturated rings. The molecule has 0 bridgehead atoms. The van der Waals surface area contributed by atoms with Crippen molar-refractivity contribution >= 4 is 5.91 Å². The Labute approximate surface area is 456 Å². The zero-order valence-electron chi connectivity index (χ0n) is 47.8. The van der Waals surface area contributed by atoms with E-state index in [1.807, 2.05) is 6.08 Å². The maximum Gasteiger partial charge on any atom is 0.220 e. The molecule has 0 aliphatic carbocycles. The number of carbonyl (C=O) groups excluding carboxylic acids is 1. The van der Waals surface area contributed by atoms with Crippen molar-refractivity contribution in [1.29, 1.82) is 0 Å². The number of nitrogens with one attached hydrogen (secondary N) is 1. The molecule has 75 heavy (non-hydrogen) atoms. The Hall–Kier alpha value is -1.27. The minimum atomic E-state index is -1.78. The van der Waals surface area contributed by atoms with Crippen LogP contribution in [0.15, 0.2) is 12.2 Å². The highest BCUT2D eigenvalue weighted by Gasteiger charge is 2.51. The second kappa shape index (κ2) is 47.5. The third-order valence-corrected chi connectivity index (χ3v) is 15.7. The second-order valence-electron chi connectivity index (χ2n) is 22.6. The lowest BCUT2D eigenvalue weighted by Crippen LogP contribution is -2.65. The predicted octanol–water partition coefficient (Wildman–Crippen LogP) is 11.1. The van der Waals surface area contributed by atoms with Crippen LogP contribution >= 0.6 is 0 Å². The Morgan fingerprint density at radius 2 is 0.827 bits per heavy atom. The van der Waals surface area contributed by atoms with E-state index in [9.17, 15) is 45.6 Å². The van der Waals surface area contributed by atoms with Crippen LogP contribution in [-0.2, 0) is 23.7 Å². The molecule has 0 aromatic rings. The van der Waals surface area contributed by atoms with Gasteiger partial charge in [0.05, 0.1) is 32.0 Å². The van der Waals surface area contributed by atoms with Crippen molar-refractivity contribution in [2.75, 3.05) is 19.8 Å². The molecule has 0 spiro atoms. The minimum absolute atomic E-state index is 0.235. The van der Waals surface area contributed by atoms with Crippen molar-refractivity contribution in [2.24, 2.45) is 0 Å². The number of ether oxygens (including phenoxy) is 4. The van der Waals surface area contributed by atoms with Crippen LogP contribution in [0.4, 0.5) is 0 Å². The summed E-state index contributed by atoms with van der Waals surface area (Å²) in [6, 6.07) is -0.908. The van der Waals surface area contributed by atoms with Crippen LogP contribution in [0, 0.1) is 0 Å². The van der Waals surface area contributed by atoms with Gasteiger partial charge < -0.3 is 65.1 Å². The fourth-order valence-corrected chi connectivity index (χ4v) is 10.6. The largest absolute Gasteiger partial charge is 0.394 e. The molecule has 14 nitrogen and oxygen atoms in total. The molecule has 2 aliphatic heterocycles. The van der Waals surface area contributed by atoms with Gasteiger partial charge in [0, 0.05) is 6.42 Å². The van der Waals surface area contributed by atoms with Gasteiger partial charge in [0.1, 0.15) is 48.8 Å². The number of hydrogen-bond acceptors (Lipinski definition) is 13. The van der Waals surface area contributed by atoms with E-state index in [1.54, 1.807) is 6.08 Å². The molecule has 0 radical (unpaired) electrons. The average Bonchev–Trinajstić information content (AvgIpc) is 3.41. The standard InChI is InChI=1S/C61H117NO13/c1-3-5-7-9-11-13-15-16-17-18-19-20-21-22-23-24-25-26-27-28-29-30-31-32-33-34-35-37-39-41-43-45-53(66)62-49(50(65)44-42-40-38-36-14-12-10-8-6-4-2)48-72-60-58(71)56(69)59(52(47-64)74-60)75-61-57(70)55(68)54(67)51(46-63)73-61/h42,44,49-52,54-61,63-65,67-71H,3-41,43,45-48H2,1-2H3,(H,62,66)/b44-42+/t49-,50+,51+,52+,54-,55?,56?,57?,58?,59+,60+,61-/m0/s1. The molecule has 14 heteroatoms. The lowest BCUT2D eigenvalue weighted by atomic mass is 9.97. The molecule has 2 rings (SSSR count). The van der Waals surface area contributed by atoms with Crippen LogP contribution in [0.3, 0.4) is 0 Å². The third-order valence-electron chi connectivity index (χ3n) is 15.7. The first kappa shape index (κ1) is 69.8. The number of unbranched alkanes of at least 4 members (excludes halogenated alkanes) is 38. The van der Waals surface area contributed by atoms with E-state index in [2.05, 4.69) is 19.2 Å². The van der Waals surface area contributed by atoms with Crippen LogP contribution in [0.1, 0.15) is 277 Å². The van der Waals surface area contributed by atoms with Gasteiger partial charge in [0.2, 0.25) is 5.91 Å². The fraction of sp³-hybridized carbons (Fsp3) is 0.951. The summed E-state index contributed by atoms with van der Waals surface area (Å²) >= 11 is 0. The SMILES string of the molecule is CCCCCCCCCC/C=C/[C@@H](O)[C@H](CO[C@@H]1O[C@H](CO)[C@@H](O[C@@H]2O[C@H](CO)[C@H](O)C(O)C2O)C(O)C1O)NC(=O)CCCCCCCCCCCCCCCCCCCCCCCCCCCCCCCCC. The topological polar surface area (TPSA) is 228 Å². The summed E-state index contributed by atoms with van der Waals surface area (Å²) in [5.41, 5.74) is 0. The molecule has 4 unspecified atom stereocenters. The highest BCUT2D eigenvalue weighted by atomic mass is 16.7. The first-order chi connectivity index (χ1) is 36.6. The zero-order chi connectivity index (χ0) is 54.6. The van der Waals surface area contributed by atoms with Gasteiger partial charge in [-0.05, 0) is 19.3 Å². The number of hydrogen-bond donors (Lipinski definition) is 9. The summed E-state index contributed by atoms with van der Waals surface area (Å²) in [5, 5.41) is 86.9. The molecule has 2 heterocycles. The summed E-state index contributed by atoms with van der Waals surface area (Å²) in [7, 11) is 0. The molecule has 0 aromatic heterocycles. The quantitative estimate of drug-likeness (QED) is 0.0204. The van der Waals surface area contributed by atoms with E-state index >= 15 is 0 Å². The molecule has 0 aromatic carbocycles. The number of aliphatic hydroxyl groups is 8. The van der Waals surface area contributed by atoms with Crippen LogP contribution in [0.5, 0.6) is 0 Å². The highest BCUT2D eigenvalue weighted by Crippen LogP contribution is 2.30. The normalized spacial score (nSPS) is 25.0. The van der Waals surface area contributed by atoms with Crippen molar-refractivity contribution in [3.8, 4) is 0 Å². The van der Waals surface area contributed by atoms with E-state index in [0.717, 1.165) is 38.5 Å². The first-order valence-corrected chi connectivity index (χ1v) is 31.4. The van der Waals surface area contributed by atoms with Gasteiger partial charge in [-0.25, -0.2) is 0 Å². The van der Waals surface area contributed by atoms with Gasteiger partial charge in [-0.15, -0.1) is 0 Å². The van der Waals surface area contributed by atoms with Crippen LogP contribution < -0.4 is 5.32 Å². The molecule has 1 amide bonds. The third kappa shape index (κ3) is 33.2. The number of carbonyl (C=O) groups is 1. The molecular weight excluding hydrogens is 955 g/mol. The van der Waals surface area contributed by atoms with Crippen molar-refractivity contribution in [1.82, 2.24) is 5.32 Å². The number of amides is 1. The van der Waals surface area contributed by atoms with Crippen molar-refractivity contribution in [3.05, 3.63) is 12.2 Å². The molecule has 444 valence electrons. The van der Waals surface area contributed by atoms with Crippen molar-refractivity contribution < 1.29 is 64.6 Å². The van der Waals surface area contributed by atoms with E-state index in [-0.39, 0.29) is 18.9 Å². The van der Waals surface area contributed by atoms with Gasteiger partial charge in [-0.2, -0.15) is 0 Å².